The van der Waals surface area contributed by atoms with Gasteiger partial charge in [-0.15, -0.1) is 0 Å². The van der Waals surface area contributed by atoms with Crippen molar-refractivity contribution in [3.8, 4) is 0 Å². The molecular weight excluding hydrogens is 484 g/mol. The van der Waals surface area contributed by atoms with Crippen molar-refractivity contribution in [2.45, 2.75) is 63.9 Å². The molecule has 37 heavy (non-hydrogen) atoms. The quantitative estimate of drug-likeness (QED) is 0.180. The molecule has 9 heteroatoms. The molecule has 1 heterocycles. The van der Waals surface area contributed by atoms with Gasteiger partial charge in [0.1, 0.15) is 0 Å². The molecule has 202 valence electrons. The lowest BCUT2D eigenvalue weighted by Crippen LogP contribution is -2.45. The van der Waals surface area contributed by atoms with Crippen molar-refractivity contribution in [1.82, 2.24) is 15.2 Å². The highest BCUT2D eigenvalue weighted by atomic mass is 28.4. The van der Waals surface area contributed by atoms with Crippen molar-refractivity contribution >= 4 is 20.3 Å². The van der Waals surface area contributed by atoms with Gasteiger partial charge in [0.05, 0.1) is 12.1 Å². The van der Waals surface area contributed by atoms with Crippen molar-refractivity contribution in [3.05, 3.63) is 71.3 Å². The first-order valence-electron chi connectivity index (χ1n) is 13.0. The lowest BCUT2D eigenvalue weighted by atomic mass is 10.0. The summed E-state index contributed by atoms with van der Waals surface area (Å²) >= 11 is 0. The molecule has 0 bridgehead atoms. The van der Waals surface area contributed by atoms with E-state index in [9.17, 15) is 14.7 Å². The van der Waals surface area contributed by atoms with E-state index in [-0.39, 0.29) is 11.1 Å². The number of amides is 2. The number of carboxylic acid groups (broad SMARTS) is 1. The lowest BCUT2D eigenvalue weighted by Gasteiger charge is -2.38. The predicted octanol–water partition coefficient (Wildman–Crippen LogP) is 4.65. The van der Waals surface area contributed by atoms with Gasteiger partial charge in [-0.05, 0) is 54.2 Å². The minimum Gasteiger partial charge on any atom is -0.465 e. The summed E-state index contributed by atoms with van der Waals surface area (Å²) in [5.74, 6) is 4.95. The third-order valence-corrected chi connectivity index (χ3v) is 12.2. The second-order valence-corrected chi connectivity index (χ2v) is 16.1. The van der Waals surface area contributed by atoms with Crippen molar-refractivity contribution < 1.29 is 19.1 Å². The molecule has 1 aliphatic heterocycles. The number of nitrogens with one attached hydrogen (secondary N) is 1. The Kier molecular flexibility index (Phi) is 9.52. The maximum Gasteiger partial charge on any atom is 0.407 e. The molecule has 1 aliphatic rings. The third-order valence-electron chi connectivity index (χ3n) is 7.70. The lowest BCUT2D eigenvalue weighted by molar-refractivity contribution is 0.0953. The van der Waals surface area contributed by atoms with Crippen LogP contribution in [-0.2, 0) is 10.8 Å². The van der Waals surface area contributed by atoms with Gasteiger partial charge in [-0.2, -0.15) is 0 Å². The summed E-state index contributed by atoms with van der Waals surface area (Å²) < 4.78 is 6.66. The average molecular weight is 527 g/mol. The van der Waals surface area contributed by atoms with Gasteiger partial charge >= 0.3 is 6.09 Å². The number of hydrazine groups is 1. The maximum atomic E-state index is 12.5. The van der Waals surface area contributed by atoms with Crippen molar-refractivity contribution in [3.63, 3.8) is 0 Å². The largest absolute Gasteiger partial charge is 0.465 e. The Morgan fingerprint density at radius 3 is 2.51 bits per heavy atom. The number of likely N-dealkylation sites (tertiary alicyclic amines) is 1. The number of carbonyl (C=O) groups excluding carboxylic acids is 1. The number of hydrogen-bond acceptors (Lipinski definition) is 5. The second-order valence-electron chi connectivity index (χ2n) is 11.4. The first kappa shape index (κ1) is 28.8. The van der Waals surface area contributed by atoms with Gasteiger partial charge in [0.2, 0.25) is 0 Å². The molecule has 0 spiro atoms. The topological polar surface area (TPSA) is 108 Å². The van der Waals surface area contributed by atoms with Gasteiger partial charge in [-0.25, -0.2) is 10.6 Å². The highest BCUT2D eigenvalue weighted by molar-refractivity contribution is 6.74. The Morgan fingerprint density at radius 2 is 1.89 bits per heavy atom. The Balaban J connectivity index is 1.83. The fourth-order valence-corrected chi connectivity index (χ4v) is 5.91. The van der Waals surface area contributed by atoms with E-state index in [1.54, 1.807) is 18.2 Å². The van der Waals surface area contributed by atoms with Crippen molar-refractivity contribution in [2.24, 2.45) is 5.84 Å². The zero-order valence-electron chi connectivity index (χ0n) is 22.7. The van der Waals surface area contributed by atoms with Crippen LogP contribution >= 0.6 is 0 Å². The maximum absolute atomic E-state index is 12.5. The van der Waals surface area contributed by atoms with E-state index in [0.29, 0.717) is 25.1 Å². The number of benzene rings is 2. The van der Waals surface area contributed by atoms with Gasteiger partial charge in [0.15, 0.2) is 8.32 Å². The molecule has 3 rings (SSSR count). The first-order chi connectivity index (χ1) is 17.4. The van der Waals surface area contributed by atoms with Crippen LogP contribution in [0.2, 0.25) is 18.1 Å². The number of nitrogen functional groups attached to an aromatic ring is 1. The molecule has 0 radical (unpaired) electrons. The minimum atomic E-state index is -1.91. The zero-order valence-corrected chi connectivity index (χ0v) is 23.7. The predicted molar refractivity (Wildman–Crippen MR) is 149 cm³/mol. The van der Waals surface area contributed by atoms with E-state index in [1.807, 2.05) is 36.4 Å². The number of nitrogens with two attached hydrogens (primary N) is 1. The van der Waals surface area contributed by atoms with E-state index < -0.39 is 26.4 Å². The SMILES string of the molecule is CC(C)(C)[Si](C)(C)O[C@H]1CCN(C[C@H](c2cccc(C(=O)NN)c2)N(CCc2ccccc2)C(=O)O)C1. The Bertz CT molecular complexity index is 1060. The van der Waals surface area contributed by atoms with Crippen LogP contribution < -0.4 is 11.3 Å². The highest BCUT2D eigenvalue weighted by Crippen LogP contribution is 2.38. The van der Waals surface area contributed by atoms with E-state index in [2.05, 4.69) is 44.2 Å². The summed E-state index contributed by atoms with van der Waals surface area (Å²) in [4.78, 5) is 28.5. The number of hydrogen-bond donors (Lipinski definition) is 3. The summed E-state index contributed by atoms with van der Waals surface area (Å²) in [5.41, 5.74) is 4.41. The van der Waals surface area contributed by atoms with Crippen LogP contribution in [-0.4, -0.2) is 67.5 Å². The van der Waals surface area contributed by atoms with Crippen LogP contribution in [0.1, 0.15) is 54.7 Å². The molecule has 1 saturated heterocycles. The van der Waals surface area contributed by atoms with Crippen molar-refractivity contribution in [1.29, 1.82) is 0 Å². The Morgan fingerprint density at radius 1 is 1.19 bits per heavy atom. The zero-order chi connectivity index (χ0) is 27.2. The van der Waals surface area contributed by atoms with Gasteiger partial charge in [0, 0.05) is 31.7 Å². The van der Waals surface area contributed by atoms with Crippen LogP contribution in [0.3, 0.4) is 0 Å². The van der Waals surface area contributed by atoms with Gasteiger partial charge in [-0.1, -0.05) is 63.2 Å². The molecule has 0 unspecified atom stereocenters. The van der Waals surface area contributed by atoms with Crippen LogP contribution in [0.4, 0.5) is 4.79 Å². The summed E-state index contributed by atoms with van der Waals surface area (Å²) in [6.07, 6.45) is 0.678. The third kappa shape index (κ3) is 7.64. The molecular formula is C28H42N4O4Si. The standard InChI is InChI=1S/C28H42N4O4Si/c1-28(2,3)37(4,5)36-24-15-16-31(19-24)20-25(22-12-9-13-23(18-22)26(33)30-29)32(27(34)35)17-14-21-10-7-6-8-11-21/h6-13,18,24-25H,14-17,19-20,29H2,1-5H3,(H,30,33)(H,34,35)/t24-,25+/m0/s1. The molecule has 0 aromatic heterocycles. The molecule has 4 N–H and O–H groups in total. The monoisotopic (exact) mass is 526 g/mol. The number of nitrogens with zero attached hydrogens (tertiary/aromatic N) is 2. The highest BCUT2D eigenvalue weighted by Gasteiger charge is 2.41. The van der Waals surface area contributed by atoms with Gasteiger partial charge in [0.25, 0.3) is 5.91 Å². The summed E-state index contributed by atoms with van der Waals surface area (Å²) in [6.45, 7) is 13.7. The van der Waals surface area contributed by atoms with Crippen LogP contribution in [0.5, 0.6) is 0 Å². The molecule has 2 atom stereocenters. The van der Waals surface area contributed by atoms with Crippen LogP contribution in [0, 0.1) is 0 Å². The average Bonchev–Trinajstić information content (AvgIpc) is 3.28. The Labute approximate surface area is 221 Å². The molecule has 2 amide bonds. The molecule has 0 saturated carbocycles. The Hall–Kier alpha value is -2.72. The normalized spacial score (nSPS) is 17.4. The molecule has 8 nitrogen and oxygen atoms in total. The first-order valence-corrected chi connectivity index (χ1v) is 15.9. The molecule has 2 aromatic rings. The smallest absolute Gasteiger partial charge is 0.407 e. The summed E-state index contributed by atoms with van der Waals surface area (Å²) in [6, 6.07) is 16.5. The van der Waals surface area contributed by atoms with E-state index >= 15 is 0 Å². The summed E-state index contributed by atoms with van der Waals surface area (Å²) in [5, 5.41) is 10.4. The van der Waals surface area contributed by atoms with E-state index in [4.69, 9.17) is 10.3 Å². The minimum absolute atomic E-state index is 0.129. The van der Waals surface area contributed by atoms with Crippen LogP contribution in [0.25, 0.3) is 0 Å². The molecule has 0 aliphatic carbocycles. The van der Waals surface area contributed by atoms with Gasteiger partial charge in [-0.3, -0.25) is 20.0 Å². The number of carbonyl (C=O) groups is 2. The second kappa shape index (κ2) is 12.2. The van der Waals surface area contributed by atoms with Crippen molar-refractivity contribution in [2.75, 3.05) is 26.2 Å². The van der Waals surface area contributed by atoms with Crippen LogP contribution in [0.15, 0.2) is 54.6 Å². The molecule has 1 fully saturated rings. The van der Waals surface area contributed by atoms with E-state index in [1.165, 1.54) is 4.90 Å². The van der Waals surface area contributed by atoms with Gasteiger partial charge < -0.3 is 9.53 Å². The fourth-order valence-electron chi connectivity index (χ4n) is 4.53. The fraction of sp³-hybridized carbons (Fsp3) is 0.500. The summed E-state index contributed by atoms with van der Waals surface area (Å²) in [7, 11) is -1.91. The number of rotatable bonds is 10. The molecule has 2 aromatic carbocycles. The van der Waals surface area contributed by atoms with E-state index in [0.717, 1.165) is 30.6 Å².